The van der Waals surface area contributed by atoms with Crippen LogP contribution in [0.2, 0.25) is 0 Å². The topological polar surface area (TPSA) is 75.6 Å². The molecule has 0 bridgehead atoms. The average Bonchev–Trinajstić information content (AvgIpc) is 2.67. The number of aromatic nitrogens is 2. The van der Waals surface area contributed by atoms with Gasteiger partial charge in [0.2, 0.25) is 0 Å². The molecule has 25 heavy (non-hydrogen) atoms. The van der Waals surface area contributed by atoms with Crippen LogP contribution in [0, 0.1) is 0 Å². The van der Waals surface area contributed by atoms with Gasteiger partial charge >= 0.3 is 6.09 Å². The summed E-state index contributed by atoms with van der Waals surface area (Å²) in [5.41, 5.74) is 2.87. The van der Waals surface area contributed by atoms with E-state index in [1.807, 2.05) is 43.3 Å². The highest BCUT2D eigenvalue weighted by Gasteiger charge is 2.30. The second-order valence-corrected chi connectivity index (χ2v) is 6.26. The van der Waals surface area contributed by atoms with Crippen LogP contribution in [0.4, 0.5) is 4.79 Å². The van der Waals surface area contributed by atoms with Crippen LogP contribution in [0.3, 0.4) is 0 Å². The van der Waals surface area contributed by atoms with Gasteiger partial charge in [-0.2, -0.15) is 10.2 Å². The summed E-state index contributed by atoms with van der Waals surface area (Å²) >= 11 is 0. The molecule has 0 radical (unpaired) electrons. The lowest BCUT2D eigenvalue weighted by Crippen LogP contribution is -2.43. The highest BCUT2D eigenvalue weighted by atomic mass is 16.6. The normalized spacial score (nSPS) is 18.7. The molecule has 1 aliphatic heterocycles. The first-order valence-electron chi connectivity index (χ1n) is 8.65. The van der Waals surface area contributed by atoms with E-state index in [0.717, 1.165) is 29.7 Å². The van der Waals surface area contributed by atoms with Crippen molar-refractivity contribution in [2.45, 2.75) is 38.3 Å². The number of nitrogens with zero attached hydrogens (tertiary/aromatic N) is 3. The zero-order valence-corrected chi connectivity index (χ0v) is 14.3. The SMILES string of the molecule is CC(c1ccc(-c2cccnn2)cc1)N1CCC(CCCO)OC1=O. The molecule has 3 rings (SSSR count). The summed E-state index contributed by atoms with van der Waals surface area (Å²) in [5, 5.41) is 16.9. The number of carbonyl (C=O) groups is 1. The summed E-state index contributed by atoms with van der Waals surface area (Å²) in [4.78, 5) is 14.1. The number of amides is 1. The van der Waals surface area contributed by atoms with Crippen LogP contribution in [0.15, 0.2) is 42.6 Å². The van der Waals surface area contributed by atoms with Gasteiger partial charge < -0.3 is 14.7 Å². The molecule has 0 saturated carbocycles. The Hall–Kier alpha value is -2.47. The van der Waals surface area contributed by atoms with Gasteiger partial charge in [-0.05, 0) is 37.5 Å². The molecule has 2 heterocycles. The van der Waals surface area contributed by atoms with E-state index < -0.39 is 0 Å². The smallest absolute Gasteiger partial charge is 0.410 e. The van der Waals surface area contributed by atoms with E-state index in [2.05, 4.69) is 10.2 Å². The summed E-state index contributed by atoms with van der Waals surface area (Å²) in [6, 6.07) is 11.7. The van der Waals surface area contributed by atoms with Crippen molar-refractivity contribution in [1.29, 1.82) is 0 Å². The van der Waals surface area contributed by atoms with Crippen LogP contribution < -0.4 is 0 Å². The molecule has 1 fully saturated rings. The van der Waals surface area contributed by atoms with Crippen molar-refractivity contribution in [2.75, 3.05) is 13.2 Å². The number of rotatable bonds is 6. The summed E-state index contributed by atoms with van der Waals surface area (Å²) in [6.45, 7) is 2.81. The van der Waals surface area contributed by atoms with Gasteiger partial charge in [0.15, 0.2) is 0 Å². The van der Waals surface area contributed by atoms with E-state index in [1.54, 1.807) is 11.1 Å². The van der Waals surface area contributed by atoms with Crippen LogP contribution in [0.5, 0.6) is 0 Å². The summed E-state index contributed by atoms with van der Waals surface area (Å²) in [6.07, 6.45) is 3.47. The van der Waals surface area contributed by atoms with Crippen molar-refractivity contribution in [3.8, 4) is 11.3 Å². The molecule has 0 aliphatic carbocycles. The van der Waals surface area contributed by atoms with E-state index in [1.165, 1.54) is 0 Å². The minimum Gasteiger partial charge on any atom is -0.446 e. The van der Waals surface area contributed by atoms with E-state index in [4.69, 9.17) is 9.84 Å². The lowest BCUT2D eigenvalue weighted by Gasteiger charge is -2.35. The molecular formula is C19H23N3O3. The molecule has 2 atom stereocenters. The van der Waals surface area contributed by atoms with Crippen molar-refractivity contribution in [2.24, 2.45) is 0 Å². The van der Waals surface area contributed by atoms with Gasteiger partial charge in [-0.3, -0.25) is 0 Å². The number of carbonyl (C=O) groups excluding carboxylic acids is 1. The molecule has 1 aromatic heterocycles. The molecule has 2 aromatic rings. The lowest BCUT2D eigenvalue weighted by molar-refractivity contribution is 0.00760. The average molecular weight is 341 g/mol. The second kappa shape index (κ2) is 8.07. The lowest BCUT2D eigenvalue weighted by atomic mass is 10.0. The minimum atomic E-state index is -0.278. The number of ether oxygens (including phenoxy) is 1. The van der Waals surface area contributed by atoms with Gasteiger partial charge in [0.1, 0.15) is 6.10 Å². The molecule has 132 valence electrons. The van der Waals surface area contributed by atoms with E-state index in [0.29, 0.717) is 13.0 Å². The maximum atomic E-state index is 12.3. The van der Waals surface area contributed by atoms with Gasteiger partial charge in [-0.1, -0.05) is 24.3 Å². The first kappa shape index (κ1) is 17.4. The van der Waals surface area contributed by atoms with Gasteiger partial charge in [0, 0.05) is 31.3 Å². The maximum Gasteiger partial charge on any atom is 0.410 e. The highest BCUT2D eigenvalue weighted by Crippen LogP contribution is 2.27. The van der Waals surface area contributed by atoms with Crippen LogP contribution in [-0.2, 0) is 4.74 Å². The third-order valence-electron chi connectivity index (χ3n) is 4.61. The Balaban J connectivity index is 1.65. The second-order valence-electron chi connectivity index (χ2n) is 6.26. The largest absolute Gasteiger partial charge is 0.446 e. The molecule has 1 saturated heterocycles. The number of aliphatic hydroxyl groups is 1. The number of hydrogen-bond acceptors (Lipinski definition) is 5. The van der Waals surface area contributed by atoms with Gasteiger partial charge in [0.25, 0.3) is 0 Å². The standard InChI is InChI=1S/C19H23N3O3/c1-14(22-12-10-17(4-3-13-23)25-19(22)24)15-6-8-16(9-7-15)18-5-2-11-20-21-18/h2,5-9,11,14,17,23H,3-4,10,12-13H2,1H3. The molecule has 1 N–H and O–H groups in total. The predicted octanol–water partition coefficient (Wildman–Crippen LogP) is 3.19. The summed E-state index contributed by atoms with van der Waals surface area (Å²) in [7, 11) is 0. The third kappa shape index (κ3) is 4.14. The van der Waals surface area contributed by atoms with Crippen LogP contribution >= 0.6 is 0 Å². The molecule has 6 heteroatoms. The van der Waals surface area contributed by atoms with Crippen LogP contribution in [0.1, 0.15) is 37.8 Å². The Kier molecular flexibility index (Phi) is 5.60. The molecule has 1 amide bonds. The van der Waals surface area contributed by atoms with Gasteiger partial charge in [0.05, 0.1) is 11.7 Å². The van der Waals surface area contributed by atoms with E-state index >= 15 is 0 Å². The number of benzene rings is 1. The van der Waals surface area contributed by atoms with Crippen molar-refractivity contribution < 1.29 is 14.6 Å². The monoisotopic (exact) mass is 341 g/mol. The van der Waals surface area contributed by atoms with Gasteiger partial charge in [-0.15, -0.1) is 0 Å². The number of aliphatic hydroxyl groups excluding tert-OH is 1. The Labute approximate surface area is 147 Å². The fourth-order valence-corrected chi connectivity index (χ4v) is 3.09. The third-order valence-corrected chi connectivity index (χ3v) is 4.61. The van der Waals surface area contributed by atoms with Crippen molar-refractivity contribution in [3.63, 3.8) is 0 Å². The highest BCUT2D eigenvalue weighted by molar-refractivity contribution is 5.69. The zero-order chi connectivity index (χ0) is 17.6. The fraction of sp³-hybridized carbons (Fsp3) is 0.421. The Morgan fingerprint density at radius 2 is 2.12 bits per heavy atom. The first-order chi connectivity index (χ1) is 12.2. The Bertz CT molecular complexity index is 691. The fourth-order valence-electron chi connectivity index (χ4n) is 3.09. The van der Waals surface area contributed by atoms with Gasteiger partial charge in [-0.25, -0.2) is 4.79 Å². The van der Waals surface area contributed by atoms with Crippen molar-refractivity contribution in [3.05, 3.63) is 48.2 Å². The van der Waals surface area contributed by atoms with Crippen LogP contribution in [0.25, 0.3) is 11.3 Å². The zero-order valence-electron chi connectivity index (χ0n) is 14.3. The maximum absolute atomic E-state index is 12.3. The van der Waals surface area contributed by atoms with E-state index in [-0.39, 0.29) is 24.8 Å². The molecule has 1 aliphatic rings. The van der Waals surface area contributed by atoms with Crippen LogP contribution in [-0.4, -0.2) is 45.6 Å². The quantitative estimate of drug-likeness (QED) is 0.873. The van der Waals surface area contributed by atoms with E-state index in [9.17, 15) is 4.79 Å². The molecule has 0 spiro atoms. The minimum absolute atomic E-state index is 0.0535. The van der Waals surface area contributed by atoms with Crippen molar-refractivity contribution >= 4 is 6.09 Å². The number of hydrogen-bond donors (Lipinski definition) is 1. The Morgan fingerprint density at radius 1 is 1.32 bits per heavy atom. The predicted molar refractivity (Wildman–Crippen MR) is 93.8 cm³/mol. The summed E-state index contributed by atoms with van der Waals surface area (Å²) in [5.74, 6) is 0. The molecule has 1 aromatic carbocycles. The summed E-state index contributed by atoms with van der Waals surface area (Å²) < 4.78 is 5.49. The first-order valence-corrected chi connectivity index (χ1v) is 8.65. The molecule has 6 nitrogen and oxygen atoms in total. The van der Waals surface area contributed by atoms with Crippen molar-refractivity contribution in [1.82, 2.24) is 15.1 Å². The number of cyclic esters (lactones) is 1. The Morgan fingerprint density at radius 3 is 2.76 bits per heavy atom. The molecular weight excluding hydrogens is 318 g/mol. The molecule has 2 unspecified atom stereocenters.